The van der Waals surface area contributed by atoms with Crippen LogP contribution in [-0.2, 0) is 6.42 Å². The lowest BCUT2D eigenvalue weighted by Crippen LogP contribution is -3.14. The molecule has 0 spiro atoms. The number of nitrogens with zero attached hydrogens (tertiary/aromatic N) is 1. The minimum atomic E-state index is -1.11. The Morgan fingerprint density at radius 3 is 2.52 bits per heavy atom. The molecule has 0 bridgehead atoms. The van der Waals surface area contributed by atoms with E-state index in [-0.39, 0.29) is 5.56 Å². The highest BCUT2D eigenvalue weighted by molar-refractivity contribution is 7.09. The van der Waals surface area contributed by atoms with Crippen LogP contribution in [0, 0.1) is 0 Å². The molecule has 0 aliphatic carbocycles. The molecule has 3 rings (SSSR count). The maximum atomic E-state index is 10.8. The number of thiophene rings is 1. The van der Waals surface area contributed by atoms with E-state index in [4.69, 9.17) is 0 Å². The van der Waals surface area contributed by atoms with Crippen LogP contribution >= 0.6 is 11.3 Å². The Labute approximate surface area is 141 Å². The summed E-state index contributed by atoms with van der Waals surface area (Å²) in [5.41, 5.74) is 1.35. The van der Waals surface area contributed by atoms with Crippen molar-refractivity contribution in [1.82, 2.24) is 0 Å². The second-order valence-corrected chi connectivity index (χ2v) is 7.04. The summed E-state index contributed by atoms with van der Waals surface area (Å²) in [4.78, 5) is 16.3. The van der Waals surface area contributed by atoms with E-state index >= 15 is 0 Å². The van der Waals surface area contributed by atoms with Crippen molar-refractivity contribution >= 4 is 23.0 Å². The van der Waals surface area contributed by atoms with Crippen LogP contribution in [0.25, 0.3) is 0 Å². The van der Waals surface area contributed by atoms with Crippen molar-refractivity contribution < 1.29 is 14.8 Å². The van der Waals surface area contributed by atoms with Crippen molar-refractivity contribution in [3.8, 4) is 0 Å². The van der Waals surface area contributed by atoms with Crippen LogP contribution in [0.4, 0.5) is 5.69 Å². The molecule has 1 aromatic heterocycles. The number of carbonyl (C=O) groups excluding carboxylic acids is 1. The molecule has 122 valence electrons. The Balaban J connectivity index is 1.43. The molecule has 1 saturated heterocycles. The molecule has 1 aliphatic rings. The maximum absolute atomic E-state index is 10.8. The number of hydrogen-bond donors (Lipinski definition) is 1. The standard InChI is InChI=1S/C18H22N2O2S/c21-18(22)15-5-7-16(8-6-15)20-12-10-19(11-13-20)9-1-3-17-4-2-14-23-17/h2,4-8,14H,1,3,9-13H2,(H,21,22). The van der Waals surface area contributed by atoms with E-state index in [0.29, 0.717) is 0 Å². The smallest absolute Gasteiger partial charge is 0.0949 e. The molecular weight excluding hydrogens is 308 g/mol. The second-order valence-electron chi connectivity index (χ2n) is 6.00. The molecule has 4 nitrogen and oxygen atoms in total. The predicted octanol–water partition coefficient (Wildman–Crippen LogP) is 0.449. The number of benzene rings is 1. The highest BCUT2D eigenvalue weighted by Gasteiger charge is 2.19. The van der Waals surface area contributed by atoms with E-state index in [2.05, 4.69) is 22.4 Å². The molecule has 23 heavy (non-hydrogen) atoms. The molecule has 1 aliphatic heterocycles. The molecule has 0 atom stereocenters. The van der Waals surface area contributed by atoms with Gasteiger partial charge in [0, 0.05) is 17.0 Å². The van der Waals surface area contributed by atoms with Crippen molar-refractivity contribution in [1.29, 1.82) is 0 Å². The van der Waals surface area contributed by atoms with Gasteiger partial charge in [-0.1, -0.05) is 18.2 Å². The van der Waals surface area contributed by atoms with Gasteiger partial charge in [0.2, 0.25) is 0 Å². The highest BCUT2D eigenvalue weighted by Crippen LogP contribution is 2.15. The van der Waals surface area contributed by atoms with E-state index in [1.165, 1.54) is 24.3 Å². The van der Waals surface area contributed by atoms with E-state index in [1.807, 2.05) is 23.5 Å². The van der Waals surface area contributed by atoms with Crippen molar-refractivity contribution in [2.45, 2.75) is 12.8 Å². The van der Waals surface area contributed by atoms with Gasteiger partial charge in [-0.2, -0.15) is 0 Å². The summed E-state index contributed by atoms with van der Waals surface area (Å²) in [6.07, 6.45) is 2.44. The van der Waals surface area contributed by atoms with Gasteiger partial charge in [0.05, 0.1) is 38.7 Å². The number of aromatic carboxylic acids is 1. The highest BCUT2D eigenvalue weighted by atomic mass is 32.1. The number of hydrogen-bond acceptors (Lipinski definition) is 4. The summed E-state index contributed by atoms with van der Waals surface area (Å²) in [6.45, 7) is 5.58. The molecular formula is C18H22N2O2S. The van der Waals surface area contributed by atoms with Gasteiger partial charge in [0.15, 0.2) is 0 Å². The van der Waals surface area contributed by atoms with Crippen LogP contribution in [0.5, 0.6) is 0 Å². The van der Waals surface area contributed by atoms with E-state index < -0.39 is 5.97 Å². The molecule has 1 aromatic carbocycles. The number of quaternary nitrogens is 1. The van der Waals surface area contributed by atoms with Crippen LogP contribution in [0.2, 0.25) is 0 Å². The van der Waals surface area contributed by atoms with Gasteiger partial charge in [0.1, 0.15) is 0 Å². The van der Waals surface area contributed by atoms with Gasteiger partial charge in [-0.3, -0.25) is 0 Å². The van der Waals surface area contributed by atoms with Crippen molar-refractivity contribution in [2.75, 3.05) is 37.6 Å². The van der Waals surface area contributed by atoms with Crippen molar-refractivity contribution in [2.24, 2.45) is 0 Å². The largest absolute Gasteiger partial charge is 0.545 e. The Morgan fingerprint density at radius 2 is 1.91 bits per heavy atom. The van der Waals surface area contributed by atoms with Gasteiger partial charge in [-0.15, -0.1) is 11.3 Å². The number of carboxylic acid groups (broad SMARTS) is 1. The molecule has 0 amide bonds. The van der Waals surface area contributed by atoms with Gasteiger partial charge < -0.3 is 19.7 Å². The number of piperazine rings is 1. The lowest BCUT2D eigenvalue weighted by Gasteiger charge is -2.33. The zero-order valence-corrected chi connectivity index (χ0v) is 14.0. The van der Waals surface area contributed by atoms with Crippen molar-refractivity contribution in [3.63, 3.8) is 0 Å². The first kappa shape index (κ1) is 16.0. The van der Waals surface area contributed by atoms with Crippen molar-refractivity contribution in [3.05, 3.63) is 52.2 Å². The molecule has 1 fully saturated rings. The minimum Gasteiger partial charge on any atom is -0.545 e. The Kier molecular flexibility index (Phi) is 5.31. The number of anilines is 1. The summed E-state index contributed by atoms with van der Waals surface area (Å²) < 4.78 is 0. The first-order valence-corrected chi connectivity index (χ1v) is 9.02. The number of aryl methyl sites for hydroxylation is 1. The molecule has 1 N–H and O–H groups in total. The lowest BCUT2D eigenvalue weighted by atomic mass is 10.1. The molecule has 0 saturated carbocycles. The zero-order chi connectivity index (χ0) is 16.1. The van der Waals surface area contributed by atoms with E-state index in [9.17, 15) is 9.90 Å². The monoisotopic (exact) mass is 330 g/mol. The molecule has 5 heteroatoms. The average molecular weight is 330 g/mol. The number of rotatable bonds is 6. The van der Waals surface area contributed by atoms with Crippen LogP contribution in [-0.4, -0.2) is 38.7 Å². The average Bonchev–Trinajstić information content (AvgIpc) is 3.09. The van der Waals surface area contributed by atoms with Gasteiger partial charge >= 0.3 is 0 Å². The Hall–Kier alpha value is -1.85. The maximum Gasteiger partial charge on any atom is 0.0949 e. The third-order valence-corrected chi connectivity index (χ3v) is 5.41. The Morgan fingerprint density at radius 1 is 1.17 bits per heavy atom. The summed E-state index contributed by atoms with van der Waals surface area (Å²) >= 11 is 1.85. The first-order valence-electron chi connectivity index (χ1n) is 8.15. The van der Waals surface area contributed by atoms with Crippen LogP contribution in [0.3, 0.4) is 0 Å². The van der Waals surface area contributed by atoms with Crippen LogP contribution < -0.4 is 14.9 Å². The normalized spacial score (nSPS) is 15.7. The fourth-order valence-electron chi connectivity index (χ4n) is 3.11. The predicted molar refractivity (Wildman–Crippen MR) is 91.2 cm³/mol. The van der Waals surface area contributed by atoms with Gasteiger partial charge in [-0.25, -0.2) is 0 Å². The summed E-state index contributed by atoms with van der Waals surface area (Å²) in [6, 6.07) is 11.4. The number of nitrogens with one attached hydrogen (secondary N) is 1. The third kappa shape index (κ3) is 4.33. The first-order chi connectivity index (χ1) is 11.2. The fraction of sp³-hybridized carbons (Fsp3) is 0.389. The molecule has 0 radical (unpaired) electrons. The molecule has 0 unspecified atom stereocenters. The summed E-state index contributed by atoms with van der Waals surface area (Å²) in [5.74, 6) is -1.11. The summed E-state index contributed by atoms with van der Waals surface area (Å²) in [5, 5.41) is 12.9. The second kappa shape index (κ2) is 7.62. The minimum absolute atomic E-state index is 0.242. The van der Waals surface area contributed by atoms with Gasteiger partial charge in [0.25, 0.3) is 0 Å². The zero-order valence-electron chi connectivity index (χ0n) is 13.2. The quantitative estimate of drug-likeness (QED) is 0.837. The lowest BCUT2D eigenvalue weighted by molar-refractivity contribution is -0.900. The third-order valence-electron chi connectivity index (χ3n) is 4.47. The number of carbonyl (C=O) groups is 1. The SMILES string of the molecule is O=C([O-])c1ccc(N2CC[NH+](CCCc3cccs3)CC2)cc1. The number of carboxylic acids is 1. The fourth-order valence-corrected chi connectivity index (χ4v) is 3.86. The Bertz CT molecular complexity index is 617. The van der Waals surface area contributed by atoms with Crippen LogP contribution in [0.15, 0.2) is 41.8 Å². The molecule has 2 aromatic rings. The topological polar surface area (TPSA) is 47.8 Å². The van der Waals surface area contributed by atoms with Crippen LogP contribution in [0.1, 0.15) is 21.7 Å². The van der Waals surface area contributed by atoms with Gasteiger partial charge in [-0.05, 0) is 35.6 Å². The molecule has 2 heterocycles. The summed E-state index contributed by atoms with van der Waals surface area (Å²) in [7, 11) is 0. The van der Waals surface area contributed by atoms with E-state index in [1.54, 1.807) is 17.0 Å². The van der Waals surface area contributed by atoms with E-state index in [0.717, 1.165) is 31.9 Å².